The van der Waals surface area contributed by atoms with E-state index in [0.29, 0.717) is 16.3 Å². The second-order valence-electron chi connectivity index (χ2n) is 3.90. The van der Waals surface area contributed by atoms with Crippen LogP contribution in [0.4, 0.5) is 5.69 Å². The minimum absolute atomic E-state index is 0.0325. The van der Waals surface area contributed by atoms with Crippen molar-refractivity contribution in [3.63, 3.8) is 0 Å². The number of benzene rings is 2. The quantitative estimate of drug-likeness (QED) is 0.876. The molecule has 0 fully saturated rings. The third-order valence-electron chi connectivity index (χ3n) is 2.51. The first-order valence-electron chi connectivity index (χ1n) is 5.48. The Morgan fingerprint density at radius 1 is 1.00 bits per heavy atom. The van der Waals surface area contributed by atoms with Crippen molar-refractivity contribution >= 4 is 42.9 Å². The highest BCUT2D eigenvalue weighted by atomic mass is 35.7. The molecule has 0 aromatic heterocycles. The van der Waals surface area contributed by atoms with Gasteiger partial charge in [-0.2, -0.15) is 0 Å². The molecule has 104 valence electrons. The van der Waals surface area contributed by atoms with Crippen LogP contribution in [-0.2, 0) is 9.05 Å². The molecule has 0 saturated heterocycles. The number of nitrogens with one attached hydrogen (secondary N) is 1. The highest BCUT2D eigenvalue weighted by Gasteiger charge is 2.12. The van der Waals surface area contributed by atoms with Gasteiger partial charge in [-0.3, -0.25) is 4.79 Å². The second kappa shape index (κ2) is 5.83. The fourth-order valence-electron chi connectivity index (χ4n) is 1.54. The van der Waals surface area contributed by atoms with Gasteiger partial charge in [0.05, 0.1) is 15.5 Å². The van der Waals surface area contributed by atoms with Crippen LogP contribution >= 0.6 is 22.3 Å². The van der Waals surface area contributed by atoms with Gasteiger partial charge in [-0.25, -0.2) is 8.42 Å². The van der Waals surface area contributed by atoms with Crippen LogP contribution in [0.3, 0.4) is 0 Å². The smallest absolute Gasteiger partial charge is 0.261 e. The fourth-order valence-corrected chi connectivity index (χ4v) is 2.54. The molecular formula is C13H9Cl2NO3S. The first-order valence-corrected chi connectivity index (χ1v) is 8.17. The van der Waals surface area contributed by atoms with E-state index in [1.54, 1.807) is 24.3 Å². The maximum absolute atomic E-state index is 12.0. The lowest BCUT2D eigenvalue weighted by Crippen LogP contribution is -2.12. The third kappa shape index (κ3) is 3.50. The van der Waals surface area contributed by atoms with Crippen LogP contribution in [0.15, 0.2) is 53.4 Å². The van der Waals surface area contributed by atoms with Crippen LogP contribution < -0.4 is 5.32 Å². The van der Waals surface area contributed by atoms with Crippen LogP contribution in [0.25, 0.3) is 0 Å². The molecule has 0 unspecified atom stereocenters. The number of hydrogen-bond donors (Lipinski definition) is 1. The first-order chi connectivity index (χ1) is 9.38. The molecule has 1 N–H and O–H groups in total. The summed E-state index contributed by atoms with van der Waals surface area (Å²) in [5.41, 5.74) is 0.780. The van der Waals surface area contributed by atoms with Gasteiger partial charge in [-0.1, -0.05) is 23.7 Å². The highest BCUT2D eigenvalue weighted by molar-refractivity contribution is 8.13. The van der Waals surface area contributed by atoms with E-state index in [9.17, 15) is 13.2 Å². The lowest BCUT2D eigenvalue weighted by Gasteiger charge is -2.07. The third-order valence-corrected chi connectivity index (χ3v) is 4.21. The van der Waals surface area contributed by atoms with Gasteiger partial charge < -0.3 is 5.32 Å². The Balaban J connectivity index is 2.19. The maximum atomic E-state index is 12.0. The molecule has 2 rings (SSSR count). The first kappa shape index (κ1) is 14.8. The summed E-state index contributed by atoms with van der Waals surface area (Å²) in [6, 6.07) is 12.1. The molecule has 0 aliphatic carbocycles. The van der Waals surface area contributed by atoms with Gasteiger partial charge in [0.25, 0.3) is 15.0 Å². The molecule has 0 aliphatic rings. The van der Waals surface area contributed by atoms with Crippen molar-refractivity contribution < 1.29 is 13.2 Å². The average Bonchev–Trinajstić information content (AvgIpc) is 2.38. The summed E-state index contributed by atoms with van der Waals surface area (Å²) in [5, 5.41) is 2.95. The molecule has 0 atom stereocenters. The number of anilines is 1. The number of halogens is 2. The molecule has 0 saturated carbocycles. The number of carbonyl (C=O) groups excluding carboxylic acids is 1. The molecule has 0 bridgehead atoms. The molecule has 7 heteroatoms. The van der Waals surface area contributed by atoms with Gasteiger partial charge in [0.1, 0.15) is 0 Å². The second-order valence-corrected chi connectivity index (χ2v) is 6.87. The fraction of sp³-hybridized carbons (Fsp3) is 0. The van der Waals surface area contributed by atoms with Crippen molar-refractivity contribution in [3.05, 3.63) is 59.1 Å². The van der Waals surface area contributed by atoms with E-state index in [4.69, 9.17) is 22.3 Å². The molecule has 2 aromatic carbocycles. The molecule has 1 amide bonds. The maximum Gasteiger partial charge on any atom is 0.261 e. The SMILES string of the molecule is O=C(Nc1ccc(S(=O)(=O)Cl)cc1)c1ccccc1Cl. The minimum atomic E-state index is -3.77. The lowest BCUT2D eigenvalue weighted by molar-refractivity contribution is 0.102. The zero-order valence-electron chi connectivity index (χ0n) is 10.0. The van der Waals surface area contributed by atoms with Crippen molar-refractivity contribution in [3.8, 4) is 0 Å². The largest absolute Gasteiger partial charge is 0.322 e. The standard InChI is InChI=1S/C13H9Cl2NO3S/c14-12-4-2-1-3-11(12)13(17)16-9-5-7-10(8-6-9)20(15,18)19/h1-8H,(H,16,17). The average molecular weight is 330 g/mol. The van der Waals surface area contributed by atoms with Crippen LogP contribution in [0, 0.1) is 0 Å². The summed E-state index contributed by atoms with van der Waals surface area (Å²) in [4.78, 5) is 11.9. The zero-order valence-corrected chi connectivity index (χ0v) is 12.3. The highest BCUT2D eigenvalue weighted by Crippen LogP contribution is 2.20. The van der Waals surface area contributed by atoms with Gasteiger partial charge in [-0.05, 0) is 36.4 Å². The normalized spacial score (nSPS) is 11.1. The van der Waals surface area contributed by atoms with E-state index in [1.807, 2.05) is 0 Å². The summed E-state index contributed by atoms with van der Waals surface area (Å²) in [6.45, 7) is 0. The van der Waals surface area contributed by atoms with Crippen molar-refractivity contribution in [2.75, 3.05) is 5.32 Å². The molecular weight excluding hydrogens is 321 g/mol. The summed E-state index contributed by atoms with van der Waals surface area (Å²) < 4.78 is 22.2. The van der Waals surface area contributed by atoms with Crippen molar-refractivity contribution in [2.45, 2.75) is 4.90 Å². The predicted octanol–water partition coefficient (Wildman–Crippen LogP) is 3.52. The van der Waals surface area contributed by atoms with E-state index < -0.39 is 9.05 Å². The zero-order chi connectivity index (χ0) is 14.8. The molecule has 2 aromatic rings. The Hall–Kier alpha value is -1.56. The summed E-state index contributed by atoms with van der Waals surface area (Å²) in [5.74, 6) is -0.378. The lowest BCUT2D eigenvalue weighted by atomic mass is 10.2. The van der Waals surface area contributed by atoms with Gasteiger partial charge in [0.2, 0.25) is 0 Å². The summed E-state index contributed by atoms with van der Waals surface area (Å²) in [6.07, 6.45) is 0. The summed E-state index contributed by atoms with van der Waals surface area (Å²) >= 11 is 5.91. The van der Waals surface area contributed by atoms with Gasteiger partial charge >= 0.3 is 0 Å². The van der Waals surface area contributed by atoms with Gasteiger partial charge in [-0.15, -0.1) is 0 Å². The number of carbonyl (C=O) groups is 1. The van der Waals surface area contributed by atoms with Crippen LogP contribution in [0.5, 0.6) is 0 Å². The summed E-state index contributed by atoms with van der Waals surface area (Å²) in [7, 11) is 1.43. The van der Waals surface area contributed by atoms with Gasteiger partial charge in [0, 0.05) is 16.4 Å². The monoisotopic (exact) mass is 329 g/mol. The Labute approximate surface area is 125 Å². The number of hydrogen-bond acceptors (Lipinski definition) is 3. The molecule has 0 aliphatic heterocycles. The predicted molar refractivity (Wildman–Crippen MR) is 78.9 cm³/mol. The van der Waals surface area contributed by atoms with E-state index in [1.165, 1.54) is 24.3 Å². The van der Waals surface area contributed by atoms with Gasteiger partial charge in [0.15, 0.2) is 0 Å². The van der Waals surface area contributed by atoms with E-state index in [0.717, 1.165) is 0 Å². The Morgan fingerprint density at radius 3 is 2.15 bits per heavy atom. The van der Waals surface area contributed by atoms with Crippen LogP contribution in [-0.4, -0.2) is 14.3 Å². The van der Waals surface area contributed by atoms with Crippen LogP contribution in [0.1, 0.15) is 10.4 Å². The van der Waals surface area contributed by atoms with E-state index in [-0.39, 0.29) is 10.8 Å². The molecule has 0 radical (unpaired) electrons. The molecule has 0 spiro atoms. The topological polar surface area (TPSA) is 63.2 Å². The number of rotatable bonds is 3. The van der Waals surface area contributed by atoms with E-state index in [2.05, 4.69) is 5.32 Å². The van der Waals surface area contributed by atoms with Crippen LogP contribution in [0.2, 0.25) is 5.02 Å². The molecule has 0 heterocycles. The molecule has 4 nitrogen and oxygen atoms in total. The van der Waals surface area contributed by atoms with E-state index >= 15 is 0 Å². The van der Waals surface area contributed by atoms with Crippen molar-refractivity contribution in [2.24, 2.45) is 0 Å². The Bertz CT molecular complexity index is 742. The Kier molecular flexibility index (Phi) is 4.32. The minimum Gasteiger partial charge on any atom is -0.322 e. The van der Waals surface area contributed by atoms with Crippen molar-refractivity contribution in [1.29, 1.82) is 0 Å². The van der Waals surface area contributed by atoms with Crippen molar-refractivity contribution in [1.82, 2.24) is 0 Å². The molecule has 20 heavy (non-hydrogen) atoms. The number of amides is 1. The Morgan fingerprint density at radius 2 is 1.60 bits per heavy atom.